The molecule has 0 radical (unpaired) electrons. The van der Waals surface area contributed by atoms with Gasteiger partial charge >= 0.3 is 6.03 Å². The second kappa shape index (κ2) is 8.13. The summed E-state index contributed by atoms with van der Waals surface area (Å²) in [5.41, 5.74) is 2.61. The molecule has 0 spiro atoms. The van der Waals surface area contributed by atoms with Crippen LogP contribution in [0.1, 0.15) is 22.3 Å². The molecule has 1 fully saturated rings. The number of urea groups is 1. The predicted molar refractivity (Wildman–Crippen MR) is 117 cm³/mol. The van der Waals surface area contributed by atoms with Gasteiger partial charge in [-0.05, 0) is 30.7 Å². The molecule has 5 heteroatoms. The van der Waals surface area contributed by atoms with Gasteiger partial charge in [-0.15, -0.1) is 0 Å². The summed E-state index contributed by atoms with van der Waals surface area (Å²) < 4.78 is 0. The highest BCUT2D eigenvalue weighted by Crippen LogP contribution is 2.36. The van der Waals surface area contributed by atoms with Crippen molar-refractivity contribution in [3.05, 3.63) is 107 Å². The van der Waals surface area contributed by atoms with Crippen molar-refractivity contribution in [2.45, 2.75) is 19.0 Å². The number of carbonyl (C=O) groups is 2. The topological polar surface area (TPSA) is 52.6 Å². The van der Waals surface area contributed by atoms with Crippen LogP contribution >= 0.6 is 0 Å². The Bertz CT molecular complexity index is 994. The Kier molecular flexibility index (Phi) is 5.38. The molecular formula is C25H25N3O2. The van der Waals surface area contributed by atoms with E-state index in [1.165, 1.54) is 10.5 Å². The number of nitrogens with zero attached hydrogens (tertiary/aromatic N) is 2. The van der Waals surface area contributed by atoms with Crippen LogP contribution in [0, 0.1) is 6.92 Å². The highest BCUT2D eigenvalue weighted by Gasteiger charge is 2.53. The zero-order chi connectivity index (χ0) is 21.1. The number of imide groups is 1. The van der Waals surface area contributed by atoms with Crippen LogP contribution in [0.2, 0.25) is 0 Å². The van der Waals surface area contributed by atoms with Gasteiger partial charge in [-0.3, -0.25) is 9.69 Å². The molecule has 1 saturated heterocycles. The molecule has 1 aliphatic heterocycles. The van der Waals surface area contributed by atoms with Gasteiger partial charge in [0.15, 0.2) is 5.54 Å². The zero-order valence-corrected chi connectivity index (χ0v) is 17.2. The van der Waals surface area contributed by atoms with Crippen molar-refractivity contribution in [2.24, 2.45) is 0 Å². The normalized spacial score (nSPS) is 15.5. The van der Waals surface area contributed by atoms with E-state index in [9.17, 15) is 9.59 Å². The maximum atomic E-state index is 13.7. The number of carbonyl (C=O) groups excluding carboxylic acids is 2. The molecule has 4 rings (SSSR count). The highest BCUT2D eigenvalue weighted by atomic mass is 16.2. The van der Waals surface area contributed by atoms with Gasteiger partial charge in [0.25, 0.3) is 5.91 Å². The number of nitrogens with one attached hydrogen (secondary N) is 1. The molecule has 1 heterocycles. The summed E-state index contributed by atoms with van der Waals surface area (Å²) in [4.78, 5) is 29.9. The van der Waals surface area contributed by atoms with Crippen LogP contribution in [0.15, 0.2) is 84.9 Å². The molecule has 3 aromatic carbocycles. The number of hydrogen-bond donors (Lipinski definition) is 1. The van der Waals surface area contributed by atoms with Gasteiger partial charge in [-0.25, -0.2) is 9.69 Å². The van der Waals surface area contributed by atoms with E-state index in [1.54, 1.807) is 0 Å². The lowest BCUT2D eigenvalue weighted by Gasteiger charge is -2.28. The number of aryl methyl sites for hydroxylation is 1. The number of benzene rings is 3. The first kappa shape index (κ1) is 19.9. The molecule has 0 aliphatic carbocycles. The molecule has 3 amide bonds. The quantitative estimate of drug-likeness (QED) is 0.640. The number of amides is 3. The predicted octanol–water partition coefficient (Wildman–Crippen LogP) is 3.88. The van der Waals surface area contributed by atoms with E-state index < -0.39 is 5.54 Å². The van der Waals surface area contributed by atoms with Crippen molar-refractivity contribution < 1.29 is 9.59 Å². The third-order valence-corrected chi connectivity index (χ3v) is 5.48. The van der Waals surface area contributed by atoms with E-state index >= 15 is 0 Å². The van der Waals surface area contributed by atoms with Gasteiger partial charge in [0, 0.05) is 6.54 Å². The Balaban J connectivity index is 1.63. The Labute approximate surface area is 176 Å². The van der Waals surface area contributed by atoms with Crippen molar-refractivity contribution in [1.29, 1.82) is 0 Å². The van der Waals surface area contributed by atoms with Gasteiger partial charge in [0.2, 0.25) is 0 Å². The molecular weight excluding hydrogens is 374 g/mol. The fourth-order valence-electron chi connectivity index (χ4n) is 3.94. The fraction of sp³-hybridized carbons (Fsp3) is 0.200. The first-order chi connectivity index (χ1) is 14.5. The Morgan fingerprint density at radius 2 is 1.37 bits per heavy atom. The number of hydrogen-bond acceptors (Lipinski definition) is 3. The monoisotopic (exact) mass is 399 g/mol. The van der Waals surface area contributed by atoms with Gasteiger partial charge in [0.1, 0.15) is 0 Å². The van der Waals surface area contributed by atoms with Crippen LogP contribution in [0.5, 0.6) is 0 Å². The number of rotatable bonds is 6. The molecule has 152 valence electrons. The first-order valence-electron chi connectivity index (χ1n) is 10.00. The standard InChI is InChI=1S/C25H25N3O2/c1-19-13-15-20(16-14-19)17-27(2)18-28-23(29)25(26-24(28)30,21-9-5-3-6-10-21)22-11-7-4-8-12-22/h3-16H,17-18H2,1-2H3,(H,26,30). The van der Waals surface area contributed by atoms with Crippen molar-refractivity contribution in [3.8, 4) is 0 Å². The fourth-order valence-corrected chi connectivity index (χ4v) is 3.94. The summed E-state index contributed by atoms with van der Waals surface area (Å²) in [6.45, 7) is 2.90. The lowest BCUT2D eigenvalue weighted by Crippen LogP contribution is -2.46. The SMILES string of the molecule is Cc1ccc(CN(C)CN2C(=O)NC(c3ccccc3)(c3ccccc3)C2=O)cc1. The van der Waals surface area contributed by atoms with E-state index in [1.807, 2.05) is 79.5 Å². The molecule has 1 aliphatic rings. The average Bonchev–Trinajstić information content (AvgIpc) is 3.02. The summed E-state index contributed by atoms with van der Waals surface area (Å²) in [7, 11) is 1.91. The highest BCUT2D eigenvalue weighted by molar-refractivity contribution is 6.09. The van der Waals surface area contributed by atoms with Crippen LogP contribution in [-0.4, -0.2) is 35.5 Å². The molecule has 0 atom stereocenters. The molecule has 0 bridgehead atoms. The zero-order valence-electron chi connectivity index (χ0n) is 17.2. The van der Waals surface area contributed by atoms with Crippen LogP contribution in [-0.2, 0) is 16.9 Å². The molecule has 0 saturated carbocycles. The minimum absolute atomic E-state index is 0.208. The van der Waals surface area contributed by atoms with Crippen LogP contribution < -0.4 is 5.32 Å². The van der Waals surface area contributed by atoms with E-state index in [0.29, 0.717) is 6.54 Å². The van der Waals surface area contributed by atoms with E-state index in [-0.39, 0.29) is 18.6 Å². The lowest BCUT2D eigenvalue weighted by molar-refractivity contribution is -0.131. The summed E-state index contributed by atoms with van der Waals surface area (Å²) >= 11 is 0. The average molecular weight is 399 g/mol. The van der Waals surface area contributed by atoms with E-state index in [2.05, 4.69) is 29.6 Å². The molecule has 30 heavy (non-hydrogen) atoms. The molecule has 0 unspecified atom stereocenters. The molecule has 0 aromatic heterocycles. The molecule has 1 N–H and O–H groups in total. The maximum Gasteiger partial charge on any atom is 0.326 e. The first-order valence-corrected chi connectivity index (χ1v) is 10.00. The Morgan fingerprint density at radius 3 is 1.90 bits per heavy atom. The summed E-state index contributed by atoms with van der Waals surface area (Å²) in [6, 6.07) is 26.7. The molecule has 5 nitrogen and oxygen atoms in total. The van der Waals surface area contributed by atoms with E-state index in [4.69, 9.17) is 0 Å². The van der Waals surface area contributed by atoms with E-state index in [0.717, 1.165) is 16.7 Å². The van der Waals surface area contributed by atoms with Crippen molar-refractivity contribution in [2.75, 3.05) is 13.7 Å². The van der Waals surface area contributed by atoms with Crippen LogP contribution in [0.25, 0.3) is 0 Å². The lowest BCUT2D eigenvalue weighted by atomic mass is 9.83. The third-order valence-electron chi connectivity index (χ3n) is 5.48. The van der Waals surface area contributed by atoms with Crippen molar-refractivity contribution in [1.82, 2.24) is 15.1 Å². The van der Waals surface area contributed by atoms with Crippen molar-refractivity contribution in [3.63, 3.8) is 0 Å². The summed E-state index contributed by atoms with van der Waals surface area (Å²) in [5.74, 6) is -0.263. The van der Waals surface area contributed by atoms with Crippen LogP contribution in [0.3, 0.4) is 0 Å². The Morgan fingerprint density at radius 1 is 0.833 bits per heavy atom. The largest absolute Gasteiger partial charge is 0.326 e. The second-order valence-electron chi connectivity index (χ2n) is 7.79. The summed E-state index contributed by atoms with van der Waals surface area (Å²) in [6.07, 6.45) is 0. The van der Waals surface area contributed by atoms with Crippen molar-refractivity contribution >= 4 is 11.9 Å². The van der Waals surface area contributed by atoms with Crippen LogP contribution in [0.4, 0.5) is 4.79 Å². The Hall–Kier alpha value is -3.44. The minimum atomic E-state index is -1.22. The maximum absolute atomic E-state index is 13.7. The second-order valence-corrected chi connectivity index (χ2v) is 7.79. The smallest absolute Gasteiger partial charge is 0.315 e. The minimum Gasteiger partial charge on any atom is -0.315 e. The molecule has 3 aromatic rings. The third kappa shape index (κ3) is 3.60. The van der Waals surface area contributed by atoms with Gasteiger partial charge in [-0.2, -0.15) is 0 Å². The van der Waals surface area contributed by atoms with Gasteiger partial charge in [-0.1, -0.05) is 90.5 Å². The van der Waals surface area contributed by atoms with Gasteiger partial charge < -0.3 is 5.32 Å². The van der Waals surface area contributed by atoms with Gasteiger partial charge in [0.05, 0.1) is 6.67 Å². The summed E-state index contributed by atoms with van der Waals surface area (Å²) in [5, 5.41) is 2.99.